The highest BCUT2D eigenvalue weighted by molar-refractivity contribution is 6.06. The summed E-state index contributed by atoms with van der Waals surface area (Å²) in [4.78, 5) is 27.3. The van der Waals surface area contributed by atoms with Crippen molar-refractivity contribution in [3.05, 3.63) is 30.3 Å². The van der Waals surface area contributed by atoms with Crippen molar-refractivity contribution in [3.63, 3.8) is 0 Å². The van der Waals surface area contributed by atoms with Crippen LogP contribution < -0.4 is 5.06 Å². The lowest BCUT2D eigenvalue weighted by Gasteiger charge is -2.24. The molecule has 1 aromatic carbocycles. The molecule has 0 aliphatic carbocycles. The molecule has 1 fully saturated rings. The van der Waals surface area contributed by atoms with Gasteiger partial charge in [0.25, 0.3) is 5.91 Å². The highest BCUT2D eigenvalue weighted by Gasteiger charge is 2.25. The summed E-state index contributed by atoms with van der Waals surface area (Å²) in [6.07, 6.45) is -0.0745. The highest BCUT2D eigenvalue weighted by Crippen LogP contribution is 2.17. The monoisotopic (exact) mass is 191 g/mol. The molecule has 4 nitrogen and oxygen atoms in total. The number of benzene rings is 1. The summed E-state index contributed by atoms with van der Waals surface area (Å²) >= 11 is 0. The predicted molar refractivity (Wildman–Crippen MR) is 49.5 cm³/mol. The van der Waals surface area contributed by atoms with Gasteiger partial charge in [-0.25, -0.2) is 0 Å². The SMILES string of the molecule is O=C1CON(c2ccccc2)C(=O)C1. The topological polar surface area (TPSA) is 46.6 Å². The van der Waals surface area contributed by atoms with E-state index in [1.54, 1.807) is 12.1 Å². The summed E-state index contributed by atoms with van der Waals surface area (Å²) in [5, 5.41) is 1.17. The van der Waals surface area contributed by atoms with Crippen molar-refractivity contribution in [3.8, 4) is 0 Å². The molecule has 1 aromatic rings. The Morgan fingerprint density at radius 3 is 2.50 bits per heavy atom. The summed E-state index contributed by atoms with van der Waals surface area (Å²) in [6.45, 7) is -0.0271. The molecular weight excluding hydrogens is 182 g/mol. The van der Waals surface area contributed by atoms with E-state index >= 15 is 0 Å². The lowest BCUT2D eigenvalue weighted by atomic mass is 10.2. The standard InChI is InChI=1S/C10H9NO3/c12-9-6-10(13)11(14-7-9)8-4-2-1-3-5-8/h1-5H,6-7H2. The van der Waals surface area contributed by atoms with Crippen LogP contribution in [0.3, 0.4) is 0 Å². The summed E-state index contributed by atoms with van der Waals surface area (Å²) in [5.74, 6) is -0.491. The van der Waals surface area contributed by atoms with Gasteiger partial charge in [-0.1, -0.05) is 18.2 Å². The van der Waals surface area contributed by atoms with Crippen molar-refractivity contribution in [2.75, 3.05) is 11.7 Å². The van der Waals surface area contributed by atoms with Crippen molar-refractivity contribution in [1.82, 2.24) is 0 Å². The zero-order valence-corrected chi connectivity index (χ0v) is 7.47. The first-order chi connectivity index (χ1) is 6.77. The Labute approximate surface area is 81.0 Å². The third-order valence-corrected chi connectivity index (χ3v) is 1.92. The molecule has 0 spiro atoms. The van der Waals surface area contributed by atoms with Gasteiger partial charge in [0.1, 0.15) is 6.61 Å². The van der Waals surface area contributed by atoms with Gasteiger partial charge in [0.2, 0.25) is 0 Å². The smallest absolute Gasteiger partial charge is 0.258 e. The van der Waals surface area contributed by atoms with Crippen LogP contribution in [-0.2, 0) is 14.4 Å². The number of hydrogen-bond acceptors (Lipinski definition) is 3. The van der Waals surface area contributed by atoms with Crippen molar-refractivity contribution in [2.45, 2.75) is 6.42 Å². The maximum atomic E-state index is 11.4. The van der Waals surface area contributed by atoms with Gasteiger partial charge in [-0.15, -0.1) is 0 Å². The summed E-state index contributed by atoms with van der Waals surface area (Å²) in [6, 6.07) is 8.98. The lowest BCUT2D eigenvalue weighted by molar-refractivity contribution is -0.141. The fourth-order valence-corrected chi connectivity index (χ4v) is 1.28. The number of rotatable bonds is 1. The van der Waals surface area contributed by atoms with E-state index in [9.17, 15) is 9.59 Å². The number of amides is 1. The minimum atomic E-state index is -0.313. The van der Waals surface area contributed by atoms with Crippen LogP contribution in [0.25, 0.3) is 0 Å². The van der Waals surface area contributed by atoms with Gasteiger partial charge in [0.15, 0.2) is 5.78 Å². The van der Waals surface area contributed by atoms with Crippen molar-refractivity contribution in [2.24, 2.45) is 0 Å². The largest absolute Gasteiger partial charge is 0.296 e. The Hall–Kier alpha value is -1.68. The Morgan fingerprint density at radius 2 is 1.86 bits per heavy atom. The Morgan fingerprint density at radius 1 is 1.14 bits per heavy atom. The van der Waals surface area contributed by atoms with Crippen LogP contribution in [0.2, 0.25) is 0 Å². The van der Waals surface area contributed by atoms with E-state index in [2.05, 4.69) is 0 Å². The molecule has 1 amide bonds. The maximum Gasteiger partial charge on any atom is 0.258 e. The van der Waals surface area contributed by atoms with E-state index in [1.165, 1.54) is 5.06 Å². The Balaban J connectivity index is 2.20. The molecule has 14 heavy (non-hydrogen) atoms. The zero-order chi connectivity index (χ0) is 9.97. The lowest BCUT2D eigenvalue weighted by Crippen LogP contribution is -2.40. The number of hydroxylamine groups is 1. The molecule has 72 valence electrons. The fraction of sp³-hybridized carbons (Fsp3) is 0.200. The van der Waals surface area contributed by atoms with Crippen molar-refractivity contribution >= 4 is 17.4 Å². The molecule has 0 N–H and O–H groups in total. The average molecular weight is 191 g/mol. The Kier molecular flexibility index (Phi) is 2.28. The normalized spacial score (nSPS) is 17.3. The number of carbonyl (C=O) groups is 2. The molecule has 0 aromatic heterocycles. The number of anilines is 1. The second-order valence-electron chi connectivity index (χ2n) is 3.01. The number of ketones is 1. The van der Waals surface area contributed by atoms with Crippen LogP contribution in [0.15, 0.2) is 30.3 Å². The zero-order valence-electron chi connectivity index (χ0n) is 7.47. The summed E-state index contributed by atoms with van der Waals surface area (Å²) < 4.78 is 0. The minimum Gasteiger partial charge on any atom is -0.296 e. The molecule has 1 saturated heterocycles. The molecule has 4 heteroatoms. The predicted octanol–water partition coefficient (Wildman–Crippen LogP) is 0.924. The van der Waals surface area contributed by atoms with Gasteiger partial charge in [0, 0.05) is 0 Å². The first-order valence-corrected chi connectivity index (χ1v) is 4.30. The van der Waals surface area contributed by atoms with Gasteiger partial charge < -0.3 is 0 Å². The van der Waals surface area contributed by atoms with Gasteiger partial charge in [-0.2, -0.15) is 5.06 Å². The second-order valence-corrected chi connectivity index (χ2v) is 3.01. The molecule has 1 aliphatic heterocycles. The van der Waals surface area contributed by atoms with Crippen LogP contribution in [0, 0.1) is 0 Å². The van der Waals surface area contributed by atoms with Crippen LogP contribution in [0.4, 0.5) is 5.69 Å². The van der Waals surface area contributed by atoms with Crippen molar-refractivity contribution < 1.29 is 14.4 Å². The van der Waals surface area contributed by atoms with Crippen LogP contribution >= 0.6 is 0 Å². The van der Waals surface area contributed by atoms with Crippen LogP contribution in [-0.4, -0.2) is 18.3 Å². The summed E-state index contributed by atoms with van der Waals surface area (Å²) in [7, 11) is 0. The number of Topliss-reactive ketones (excluding diaryl/α,β-unsaturated/α-hetero) is 1. The van der Waals surface area contributed by atoms with Crippen LogP contribution in [0.1, 0.15) is 6.42 Å². The molecule has 1 aliphatic rings. The first kappa shape index (κ1) is 8.90. The molecule has 0 atom stereocenters. The average Bonchev–Trinajstić information content (AvgIpc) is 2.19. The molecule has 0 radical (unpaired) electrons. The number of nitrogens with zero attached hydrogens (tertiary/aromatic N) is 1. The maximum absolute atomic E-state index is 11.4. The van der Waals surface area contributed by atoms with E-state index < -0.39 is 0 Å². The second kappa shape index (κ2) is 3.59. The molecule has 0 unspecified atom stereocenters. The number of para-hydroxylation sites is 1. The van der Waals surface area contributed by atoms with E-state index in [0.717, 1.165) is 0 Å². The fourth-order valence-electron chi connectivity index (χ4n) is 1.28. The number of hydrogen-bond donors (Lipinski definition) is 0. The van der Waals surface area contributed by atoms with E-state index in [0.29, 0.717) is 5.69 Å². The highest BCUT2D eigenvalue weighted by atomic mass is 16.7. The first-order valence-electron chi connectivity index (χ1n) is 4.30. The van der Waals surface area contributed by atoms with Gasteiger partial charge in [-0.3, -0.25) is 14.4 Å². The number of carbonyl (C=O) groups excluding carboxylic acids is 2. The van der Waals surface area contributed by atoms with E-state index in [-0.39, 0.29) is 24.7 Å². The van der Waals surface area contributed by atoms with Crippen molar-refractivity contribution in [1.29, 1.82) is 0 Å². The molecule has 2 rings (SSSR count). The molecular formula is C10H9NO3. The molecule has 0 bridgehead atoms. The van der Waals surface area contributed by atoms with Crippen LogP contribution in [0.5, 0.6) is 0 Å². The van der Waals surface area contributed by atoms with E-state index in [4.69, 9.17) is 4.84 Å². The molecule has 0 saturated carbocycles. The quantitative estimate of drug-likeness (QED) is 0.620. The van der Waals surface area contributed by atoms with Gasteiger partial charge >= 0.3 is 0 Å². The third kappa shape index (κ3) is 1.65. The Bertz CT molecular complexity index is 361. The molecule has 1 heterocycles. The minimum absolute atomic E-state index is 0.0271. The van der Waals surface area contributed by atoms with E-state index in [1.807, 2.05) is 18.2 Å². The van der Waals surface area contributed by atoms with Gasteiger partial charge in [-0.05, 0) is 12.1 Å². The third-order valence-electron chi connectivity index (χ3n) is 1.92. The summed E-state index contributed by atoms with van der Waals surface area (Å²) in [5.41, 5.74) is 0.657. The van der Waals surface area contributed by atoms with Gasteiger partial charge in [0.05, 0.1) is 12.1 Å².